The van der Waals surface area contributed by atoms with Gasteiger partial charge < -0.3 is 14.8 Å². The van der Waals surface area contributed by atoms with Crippen LogP contribution in [0.25, 0.3) is 0 Å². The lowest BCUT2D eigenvalue weighted by molar-refractivity contribution is 0.282. The van der Waals surface area contributed by atoms with Gasteiger partial charge in [-0.05, 0) is 49.1 Å². The first-order valence-electron chi connectivity index (χ1n) is 5.52. The highest BCUT2D eigenvalue weighted by atomic mass is 79.9. The number of aliphatic hydroxyl groups is 1. The third kappa shape index (κ3) is 3.68. The van der Waals surface area contributed by atoms with Gasteiger partial charge in [-0.1, -0.05) is 24.3 Å². The molecule has 0 unspecified atom stereocenters. The van der Waals surface area contributed by atoms with Crippen LogP contribution in [0.1, 0.15) is 16.9 Å². The molecule has 2 N–H and O–H groups in total. The summed E-state index contributed by atoms with van der Waals surface area (Å²) in [5.41, 5.74) is 2.11. The molecule has 1 aromatic carbocycles. The van der Waals surface area contributed by atoms with E-state index < -0.39 is 0 Å². The molecule has 0 radical (unpaired) electrons. The molecule has 0 amide bonds. The van der Waals surface area contributed by atoms with Crippen molar-refractivity contribution < 1.29 is 9.52 Å². The van der Waals surface area contributed by atoms with Crippen LogP contribution in [-0.4, -0.2) is 5.11 Å². The van der Waals surface area contributed by atoms with Crippen molar-refractivity contribution in [3.05, 3.63) is 56.4 Å². The minimum atomic E-state index is 0.0855. The summed E-state index contributed by atoms with van der Waals surface area (Å²) in [6.45, 7) is 1.52. The molecule has 96 valence electrons. The van der Waals surface area contributed by atoms with Gasteiger partial charge in [0.1, 0.15) is 5.76 Å². The topological polar surface area (TPSA) is 45.4 Å². The van der Waals surface area contributed by atoms with Crippen LogP contribution in [0.3, 0.4) is 0 Å². The van der Waals surface area contributed by atoms with E-state index >= 15 is 0 Å². The summed E-state index contributed by atoms with van der Waals surface area (Å²) in [7, 11) is 0. The molecule has 0 saturated carbocycles. The van der Waals surface area contributed by atoms with Gasteiger partial charge in [0, 0.05) is 6.54 Å². The third-order valence-corrected chi connectivity index (χ3v) is 4.24. The summed E-state index contributed by atoms with van der Waals surface area (Å²) in [6, 6.07) is 9.80. The van der Waals surface area contributed by atoms with E-state index in [9.17, 15) is 0 Å². The number of hydrogen-bond acceptors (Lipinski definition) is 3. The van der Waals surface area contributed by atoms with Crippen LogP contribution in [0.4, 0.5) is 0 Å². The Morgan fingerprint density at radius 3 is 2.28 bits per heavy atom. The van der Waals surface area contributed by atoms with Crippen molar-refractivity contribution in [2.45, 2.75) is 19.7 Å². The van der Waals surface area contributed by atoms with Crippen molar-refractivity contribution in [3.8, 4) is 0 Å². The van der Waals surface area contributed by atoms with Crippen molar-refractivity contribution >= 4 is 31.9 Å². The zero-order chi connectivity index (χ0) is 13.0. The number of nitrogens with one attached hydrogen (secondary N) is 1. The molecule has 0 fully saturated rings. The van der Waals surface area contributed by atoms with E-state index in [1.165, 1.54) is 5.56 Å². The zero-order valence-corrected chi connectivity index (χ0v) is 12.8. The lowest BCUT2D eigenvalue weighted by atomic mass is 10.1. The minimum Gasteiger partial charge on any atom is -0.452 e. The molecule has 0 aliphatic carbocycles. The Bertz CT molecular complexity index is 489. The second kappa shape index (κ2) is 6.52. The number of furan rings is 1. The molecule has 5 heteroatoms. The molecule has 3 nitrogen and oxygen atoms in total. The van der Waals surface area contributed by atoms with Gasteiger partial charge in [-0.15, -0.1) is 0 Å². The van der Waals surface area contributed by atoms with Crippen molar-refractivity contribution in [2.75, 3.05) is 0 Å². The molecule has 1 heterocycles. The predicted octanol–water partition coefficient (Wildman–Crippen LogP) is 3.59. The van der Waals surface area contributed by atoms with Gasteiger partial charge in [0.05, 0.1) is 17.6 Å². The standard InChI is InChI=1S/C13H13Br2NO2/c14-12-5-11(18-13(12)15)7-16-6-9-1-3-10(8-17)4-2-9/h1-5,16-17H,6-8H2. The van der Waals surface area contributed by atoms with Gasteiger partial charge in [0.25, 0.3) is 0 Å². The summed E-state index contributed by atoms with van der Waals surface area (Å²) in [5, 5.41) is 12.2. The summed E-state index contributed by atoms with van der Waals surface area (Å²) < 4.78 is 7.10. The molecular formula is C13H13Br2NO2. The fourth-order valence-electron chi connectivity index (χ4n) is 1.57. The predicted molar refractivity (Wildman–Crippen MR) is 77.0 cm³/mol. The maximum Gasteiger partial charge on any atom is 0.183 e. The van der Waals surface area contributed by atoms with Crippen molar-refractivity contribution in [2.24, 2.45) is 0 Å². The SMILES string of the molecule is OCc1ccc(CNCc2cc(Br)c(Br)o2)cc1. The Hall–Kier alpha value is -0.620. The highest BCUT2D eigenvalue weighted by molar-refractivity contribution is 9.13. The van der Waals surface area contributed by atoms with Gasteiger partial charge >= 0.3 is 0 Å². The van der Waals surface area contributed by atoms with E-state index in [0.29, 0.717) is 11.2 Å². The average molecular weight is 375 g/mol. The first-order valence-corrected chi connectivity index (χ1v) is 7.10. The average Bonchev–Trinajstić information content (AvgIpc) is 2.69. The molecule has 0 bridgehead atoms. The Morgan fingerprint density at radius 1 is 1.06 bits per heavy atom. The largest absolute Gasteiger partial charge is 0.452 e. The van der Waals surface area contributed by atoms with E-state index in [-0.39, 0.29) is 6.61 Å². The molecule has 0 saturated heterocycles. The minimum absolute atomic E-state index is 0.0855. The smallest absolute Gasteiger partial charge is 0.183 e. The summed E-state index contributed by atoms with van der Waals surface area (Å²) in [6.07, 6.45) is 0. The Balaban J connectivity index is 1.84. The quantitative estimate of drug-likeness (QED) is 0.840. The van der Waals surface area contributed by atoms with Gasteiger partial charge in [0.15, 0.2) is 4.67 Å². The molecule has 0 spiro atoms. The molecule has 2 aromatic rings. The van der Waals surface area contributed by atoms with Crippen LogP contribution in [-0.2, 0) is 19.7 Å². The van der Waals surface area contributed by atoms with E-state index in [0.717, 1.165) is 22.3 Å². The van der Waals surface area contributed by atoms with Crippen molar-refractivity contribution in [1.29, 1.82) is 0 Å². The van der Waals surface area contributed by atoms with E-state index in [1.54, 1.807) is 0 Å². The molecule has 1 aromatic heterocycles. The Labute approximate surface area is 122 Å². The summed E-state index contributed by atoms with van der Waals surface area (Å²) >= 11 is 6.68. The second-order valence-electron chi connectivity index (χ2n) is 3.91. The fraction of sp³-hybridized carbons (Fsp3) is 0.231. The van der Waals surface area contributed by atoms with Crippen molar-refractivity contribution in [3.63, 3.8) is 0 Å². The van der Waals surface area contributed by atoms with Crippen molar-refractivity contribution in [1.82, 2.24) is 5.32 Å². The van der Waals surface area contributed by atoms with Crippen LogP contribution >= 0.6 is 31.9 Å². The third-order valence-electron chi connectivity index (χ3n) is 2.53. The van der Waals surface area contributed by atoms with Crippen LogP contribution in [0.2, 0.25) is 0 Å². The first-order chi connectivity index (χ1) is 8.69. The molecule has 0 atom stereocenters. The van der Waals surface area contributed by atoms with E-state index in [4.69, 9.17) is 9.52 Å². The maximum atomic E-state index is 8.94. The lowest BCUT2D eigenvalue weighted by Gasteiger charge is -2.04. The number of benzene rings is 1. The summed E-state index contributed by atoms with van der Waals surface area (Å²) in [4.78, 5) is 0. The van der Waals surface area contributed by atoms with Crippen LogP contribution in [0.5, 0.6) is 0 Å². The van der Waals surface area contributed by atoms with Gasteiger partial charge in [-0.2, -0.15) is 0 Å². The second-order valence-corrected chi connectivity index (χ2v) is 5.49. The molecule has 18 heavy (non-hydrogen) atoms. The number of rotatable bonds is 5. The normalized spacial score (nSPS) is 10.8. The summed E-state index contributed by atoms with van der Waals surface area (Å²) in [5.74, 6) is 0.876. The highest BCUT2D eigenvalue weighted by Crippen LogP contribution is 2.26. The first kappa shape index (κ1) is 13.8. The van der Waals surface area contributed by atoms with E-state index in [1.807, 2.05) is 30.3 Å². The van der Waals surface area contributed by atoms with Gasteiger partial charge in [-0.25, -0.2) is 0 Å². The zero-order valence-electron chi connectivity index (χ0n) is 9.62. The lowest BCUT2D eigenvalue weighted by Crippen LogP contribution is -2.12. The number of halogens is 2. The molecule has 0 aliphatic heterocycles. The van der Waals surface area contributed by atoms with Crippen LogP contribution in [0, 0.1) is 0 Å². The number of aliphatic hydroxyl groups excluding tert-OH is 1. The van der Waals surface area contributed by atoms with Crippen LogP contribution < -0.4 is 5.32 Å². The highest BCUT2D eigenvalue weighted by Gasteiger charge is 2.05. The fourth-order valence-corrected chi connectivity index (χ4v) is 2.23. The monoisotopic (exact) mass is 373 g/mol. The number of hydrogen-bond donors (Lipinski definition) is 2. The maximum absolute atomic E-state index is 8.94. The van der Waals surface area contributed by atoms with E-state index in [2.05, 4.69) is 37.2 Å². The van der Waals surface area contributed by atoms with Gasteiger partial charge in [0.2, 0.25) is 0 Å². The molecular weight excluding hydrogens is 362 g/mol. The van der Waals surface area contributed by atoms with Gasteiger partial charge in [-0.3, -0.25) is 0 Å². The molecule has 2 rings (SSSR count). The molecule has 0 aliphatic rings. The Kier molecular flexibility index (Phi) is 5.00. The Morgan fingerprint density at radius 2 is 1.72 bits per heavy atom. The van der Waals surface area contributed by atoms with Crippen LogP contribution in [0.15, 0.2) is 43.9 Å².